The van der Waals surface area contributed by atoms with Crippen molar-refractivity contribution in [2.45, 2.75) is 38.4 Å². The molecular formula is C22H31N5O2. The quantitative estimate of drug-likeness (QED) is 0.752. The first-order valence-corrected chi connectivity index (χ1v) is 10.6. The van der Waals surface area contributed by atoms with Crippen molar-refractivity contribution in [2.24, 2.45) is 5.92 Å². The van der Waals surface area contributed by atoms with Gasteiger partial charge in [0.1, 0.15) is 0 Å². The second-order valence-electron chi connectivity index (χ2n) is 8.16. The van der Waals surface area contributed by atoms with E-state index in [1.54, 1.807) is 6.20 Å². The molecular weight excluding hydrogens is 366 g/mol. The number of ether oxygens (including phenoxy) is 1. The van der Waals surface area contributed by atoms with Crippen LogP contribution in [0.15, 0.2) is 42.7 Å². The third-order valence-corrected chi connectivity index (χ3v) is 5.81. The lowest BCUT2D eigenvalue weighted by Gasteiger charge is -2.33. The highest BCUT2D eigenvalue weighted by Gasteiger charge is 2.24. The Hall–Kier alpha value is -2.38. The molecule has 3 heterocycles. The molecule has 2 fully saturated rings. The van der Waals surface area contributed by atoms with Crippen LogP contribution < -0.4 is 10.6 Å². The van der Waals surface area contributed by atoms with Crippen LogP contribution in [0.25, 0.3) is 0 Å². The van der Waals surface area contributed by atoms with Crippen LogP contribution in [-0.2, 0) is 17.8 Å². The summed E-state index contributed by atoms with van der Waals surface area (Å²) in [6, 6.07) is 10.4. The Morgan fingerprint density at radius 3 is 2.79 bits per heavy atom. The largest absolute Gasteiger partial charge is 0.381 e. The van der Waals surface area contributed by atoms with Gasteiger partial charge in [0.2, 0.25) is 0 Å². The van der Waals surface area contributed by atoms with Gasteiger partial charge >= 0.3 is 6.03 Å². The Morgan fingerprint density at radius 1 is 1.17 bits per heavy atom. The second-order valence-corrected chi connectivity index (χ2v) is 8.16. The number of nitrogens with zero attached hydrogens (tertiary/aromatic N) is 3. The van der Waals surface area contributed by atoms with Gasteiger partial charge in [-0.2, -0.15) is 5.10 Å². The van der Waals surface area contributed by atoms with Crippen molar-refractivity contribution in [2.75, 3.05) is 32.8 Å². The maximum absolute atomic E-state index is 12.3. The van der Waals surface area contributed by atoms with Crippen LogP contribution in [0.3, 0.4) is 0 Å². The van der Waals surface area contributed by atoms with Gasteiger partial charge in [0.15, 0.2) is 0 Å². The van der Waals surface area contributed by atoms with Crippen molar-refractivity contribution in [1.82, 2.24) is 25.3 Å². The van der Waals surface area contributed by atoms with E-state index in [4.69, 9.17) is 4.74 Å². The van der Waals surface area contributed by atoms with E-state index in [-0.39, 0.29) is 12.1 Å². The number of rotatable bonds is 7. The molecule has 29 heavy (non-hydrogen) atoms. The van der Waals surface area contributed by atoms with E-state index in [0.717, 1.165) is 57.8 Å². The van der Waals surface area contributed by atoms with E-state index in [2.05, 4.69) is 32.8 Å². The fourth-order valence-corrected chi connectivity index (χ4v) is 4.19. The van der Waals surface area contributed by atoms with Crippen molar-refractivity contribution in [3.05, 3.63) is 53.9 Å². The molecule has 156 valence electrons. The summed E-state index contributed by atoms with van der Waals surface area (Å²) in [4.78, 5) is 14.8. The van der Waals surface area contributed by atoms with E-state index in [9.17, 15) is 4.79 Å². The first-order chi connectivity index (χ1) is 14.2. The molecule has 7 heteroatoms. The standard InChI is InChI=1S/C22H31N5O2/c28-22(25-21-5-10-26(11-6-21)15-20-7-12-29-17-20)23-14-18-3-1-4-19(13-18)16-27-9-2-8-24-27/h1-4,8-9,13,20-21H,5-7,10-12,14-17H2,(H2,23,25,28). The zero-order chi connectivity index (χ0) is 19.9. The number of hydrogen-bond donors (Lipinski definition) is 2. The zero-order valence-electron chi connectivity index (χ0n) is 16.9. The molecule has 0 saturated carbocycles. The average Bonchev–Trinajstić information content (AvgIpc) is 3.43. The van der Waals surface area contributed by atoms with Gasteiger partial charge in [-0.3, -0.25) is 4.68 Å². The number of nitrogens with one attached hydrogen (secondary N) is 2. The Kier molecular flexibility index (Phi) is 6.79. The minimum Gasteiger partial charge on any atom is -0.381 e. The summed E-state index contributed by atoms with van der Waals surface area (Å²) in [5.74, 6) is 0.687. The number of carbonyl (C=O) groups excluding carboxylic acids is 1. The van der Waals surface area contributed by atoms with Crippen LogP contribution in [0.2, 0.25) is 0 Å². The molecule has 2 amide bonds. The third kappa shape index (κ3) is 6.05. The molecule has 7 nitrogen and oxygen atoms in total. The maximum atomic E-state index is 12.3. The summed E-state index contributed by atoms with van der Waals surface area (Å²) in [5, 5.41) is 10.4. The molecule has 2 N–H and O–H groups in total. The lowest BCUT2D eigenvalue weighted by atomic mass is 10.0. The summed E-state index contributed by atoms with van der Waals surface area (Å²) in [6.07, 6.45) is 6.94. The van der Waals surface area contributed by atoms with Gasteiger partial charge in [-0.25, -0.2) is 4.79 Å². The minimum absolute atomic E-state index is 0.0786. The van der Waals surface area contributed by atoms with Crippen molar-refractivity contribution < 1.29 is 9.53 Å². The molecule has 2 aliphatic heterocycles. The molecule has 1 aromatic carbocycles. The second kappa shape index (κ2) is 9.89. The minimum atomic E-state index is -0.0786. The van der Waals surface area contributed by atoms with Gasteiger partial charge in [0.05, 0.1) is 13.2 Å². The van der Waals surface area contributed by atoms with Gasteiger partial charge in [0, 0.05) is 51.2 Å². The van der Waals surface area contributed by atoms with Crippen LogP contribution in [0.5, 0.6) is 0 Å². The number of urea groups is 1. The molecule has 4 rings (SSSR count). The normalized spacial score (nSPS) is 20.6. The maximum Gasteiger partial charge on any atom is 0.315 e. The van der Waals surface area contributed by atoms with Gasteiger partial charge in [-0.05, 0) is 42.4 Å². The van der Waals surface area contributed by atoms with Gasteiger partial charge < -0.3 is 20.3 Å². The van der Waals surface area contributed by atoms with E-state index in [0.29, 0.717) is 12.5 Å². The van der Waals surface area contributed by atoms with Gasteiger partial charge in [-0.1, -0.05) is 24.3 Å². The predicted octanol–water partition coefficient (Wildman–Crippen LogP) is 2.23. The van der Waals surface area contributed by atoms with Crippen LogP contribution >= 0.6 is 0 Å². The average molecular weight is 398 g/mol. The molecule has 1 unspecified atom stereocenters. The number of aromatic nitrogens is 2. The Morgan fingerprint density at radius 2 is 2.03 bits per heavy atom. The molecule has 2 aliphatic rings. The first kappa shape index (κ1) is 19.9. The van der Waals surface area contributed by atoms with Crippen molar-refractivity contribution in [3.63, 3.8) is 0 Å². The van der Waals surface area contributed by atoms with Crippen LogP contribution in [0.1, 0.15) is 30.4 Å². The Balaban J connectivity index is 1.17. The molecule has 0 aliphatic carbocycles. The lowest BCUT2D eigenvalue weighted by Crippen LogP contribution is -2.48. The highest BCUT2D eigenvalue weighted by molar-refractivity contribution is 5.74. The van der Waals surface area contributed by atoms with Crippen molar-refractivity contribution >= 4 is 6.03 Å². The molecule has 0 spiro atoms. The number of hydrogen-bond acceptors (Lipinski definition) is 4. The van der Waals surface area contributed by atoms with Gasteiger partial charge in [-0.15, -0.1) is 0 Å². The van der Waals surface area contributed by atoms with E-state index in [1.165, 1.54) is 12.0 Å². The highest BCUT2D eigenvalue weighted by atomic mass is 16.5. The number of amides is 2. The lowest BCUT2D eigenvalue weighted by molar-refractivity contribution is 0.148. The van der Waals surface area contributed by atoms with E-state index in [1.807, 2.05) is 29.1 Å². The van der Waals surface area contributed by atoms with Crippen LogP contribution in [-0.4, -0.2) is 59.6 Å². The van der Waals surface area contributed by atoms with Crippen molar-refractivity contribution in [1.29, 1.82) is 0 Å². The fourth-order valence-electron chi connectivity index (χ4n) is 4.19. The summed E-state index contributed by atoms with van der Waals surface area (Å²) in [7, 11) is 0. The summed E-state index contributed by atoms with van der Waals surface area (Å²) in [6.45, 7) is 6.32. The smallest absolute Gasteiger partial charge is 0.315 e. The zero-order valence-corrected chi connectivity index (χ0v) is 16.9. The van der Waals surface area contributed by atoms with Crippen molar-refractivity contribution in [3.8, 4) is 0 Å². The summed E-state index contributed by atoms with van der Waals surface area (Å²) < 4.78 is 7.37. The Labute approximate surface area is 172 Å². The molecule has 0 radical (unpaired) electrons. The predicted molar refractivity (Wildman–Crippen MR) is 112 cm³/mol. The number of benzene rings is 1. The molecule has 2 aromatic rings. The van der Waals surface area contributed by atoms with Gasteiger partial charge in [0.25, 0.3) is 0 Å². The molecule has 2 saturated heterocycles. The summed E-state index contributed by atoms with van der Waals surface area (Å²) in [5.41, 5.74) is 2.27. The molecule has 0 bridgehead atoms. The summed E-state index contributed by atoms with van der Waals surface area (Å²) >= 11 is 0. The Bertz CT molecular complexity index is 765. The van der Waals surface area contributed by atoms with Crippen LogP contribution in [0, 0.1) is 5.92 Å². The third-order valence-electron chi connectivity index (χ3n) is 5.81. The number of piperidine rings is 1. The van der Waals surface area contributed by atoms with Crippen LogP contribution in [0.4, 0.5) is 4.79 Å². The fraction of sp³-hybridized carbons (Fsp3) is 0.545. The number of carbonyl (C=O) groups is 1. The monoisotopic (exact) mass is 397 g/mol. The topological polar surface area (TPSA) is 71.4 Å². The first-order valence-electron chi connectivity index (χ1n) is 10.6. The highest BCUT2D eigenvalue weighted by Crippen LogP contribution is 2.17. The number of likely N-dealkylation sites (tertiary alicyclic amines) is 1. The molecule has 1 atom stereocenters. The van der Waals surface area contributed by atoms with E-state index >= 15 is 0 Å². The van der Waals surface area contributed by atoms with E-state index < -0.39 is 0 Å². The molecule has 1 aromatic heterocycles. The SMILES string of the molecule is O=C(NCc1cccc(Cn2cccn2)c1)NC1CCN(CC2CCOC2)CC1.